The molecule has 0 saturated heterocycles. The standard InChI is InChI=1S/C34H67N7O5/c1-4-5-6-7-8-9-10-11-12-13-14-15-16-23-30(42)40-29(22-18-20-25-36)34(46)39-26(2)32(44)38-27(3)33(45)41-28(31(37)43)21-17-19-24-35/h26-29H,4-25,35-36H2,1-3H3,(H2,37,43)(H,38,44)(H,39,46)(H,40,42)(H,41,45)/t26-,27-,28+,29-/m0/s1. The number of unbranched alkanes of at least 4 members (excludes halogenated alkanes) is 14. The van der Waals surface area contributed by atoms with Gasteiger partial charge in [-0.15, -0.1) is 0 Å². The molecule has 268 valence electrons. The number of hydrogen-bond acceptors (Lipinski definition) is 7. The monoisotopic (exact) mass is 654 g/mol. The zero-order chi connectivity index (χ0) is 34.6. The quantitative estimate of drug-likeness (QED) is 0.0575. The van der Waals surface area contributed by atoms with Gasteiger partial charge in [-0.2, -0.15) is 0 Å². The van der Waals surface area contributed by atoms with Crippen LogP contribution in [-0.4, -0.2) is 66.8 Å². The van der Waals surface area contributed by atoms with Crippen LogP contribution >= 0.6 is 0 Å². The smallest absolute Gasteiger partial charge is 0.243 e. The summed E-state index contributed by atoms with van der Waals surface area (Å²) in [6, 6.07) is -3.59. The highest BCUT2D eigenvalue weighted by atomic mass is 16.2. The average Bonchev–Trinajstić information content (AvgIpc) is 3.02. The van der Waals surface area contributed by atoms with Gasteiger partial charge in [-0.3, -0.25) is 24.0 Å². The number of hydrogen-bond donors (Lipinski definition) is 7. The number of primary amides is 1. The molecule has 0 saturated carbocycles. The highest BCUT2D eigenvalue weighted by Crippen LogP contribution is 2.13. The van der Waals surface area contributed by atoms with Crippen molar-refractivity contribution in [2.75, 3.05) is 13.1 Å². The van der Waals surface area contributed by atoms with Gasteiger partial charge in [0.05, 0.1) is 0 Å². The SMILES string of the molecule is CCCCCCCCCCCCCCCC(=O)N[C@@H](CCCCN)C(=O)N[C@@H](C)C(=O)N[C@@H](C)C(=O)N[C@H](CCCCN)C(N)=O. The number of carbonyl (C=O) groups is 5. The molecule has 4 atom stereocenters. The second-order valence-corrected chi connectivity index (χ2v) is 12.6. The van der Waals surface area contributed by atoms with Crippen LogP contribution in [0.5, 0.6) is 0 Å². The highest BCUT2D eigenvalue weighted by molar-refractivity contribution is 5.95. The molecule has 0 aliphatic carbocycles. The van der Waals surface area contributed by atoms with E-state index in [0.29, 0.717) is 58.0 Å². The van der Waals surface area contributed by atoms with Gasteiger partial charge in [-0.05, 0) is 71.9 Å². The molecule has 0 fully saturated rings. The maximum Gasteiger partial charge on any atom is 0.243 e. The van der Waals surface area contributed by atoms with Crippen molar-refractivity contribution in [3.8, 4) is 0 Å². The Morgan fingerprint density at radius 3 is 1.37 bits per heavy atom. The number of amides is 5. The van der Waals surface area contributed by atoms with Crippen LogP contribution in [0.25, 0.3) is 0 Å². The molecule has 0 aliphatic rings. The molecule has 46 heavy (non-hydrogen) atoms. The van der Waals surface area contributed by atoms with Crippen LogP contribution in [-0.2, 0) is 24.0 Å². The van der Waals surface area contributed by atoms with Crippen molar-refractivity contribution >= 4 is 29.5 Å². The second-order valence-electron chi connectivity index (χ2n) is 12.6. The van der Waals surface area contributed by atoms with Gasteiger partial charge < -0.3 is 38.5 Å². The third kappa shape index (κ3) is 22.7. The molecule has 0 spiro atoms. The predicted molar refractivity (Wildman–Crippen MR) is 184 cm³/mol. The molecule has 0 aromatic heterocycles. The van der Waals surface area contributed by atoms with Gasteiger partial charge in [0.1, 0.15) is 24.2 Å². The largest absolute Gasteiger partial charge is 0.368 e. The molecule has 0 bridgehead atoms. The Balaban J connectivity index is 4.58. The zero-order valence-corrected chi connectivity index (χ0v) is 29.1. The lowest BCUT2D eigenvalue weighted by molar-refractivity contribution is -0.134. The van der Waals surface area contributed by atoms with Crippen molar-refractivity contribution in [1.29, 1.82) is 0 Å². The van der Waals surface area contributed by atoms with Crippen LogP contribution in [0.3, 0.4) is 0 Å². The van der Waals surface area contributed by atoms with Gasteiger partial charge in [0.25, 0.3) is 0 Å². The Morgan fingerprint density at radius 2 is 0.913 bits per heavy atom. The lowest BCUT2D eigenvalue weighted by atomic mass is 10.0. The van der Waals surface area contributed by atoms with Gasteiger partial charge in [0.2, 0.25) is 29.5 Å². The molecule has 10 N–H and O–H groups in total. The summed E-state index contributed by atoms with van der Waals surface area (Å²) >= 11 is 0. The van der Waals surface area contributed by atoms with Crippen LogP contribution in [0, 0.1) is 0 Å². The molecule has 0 radical (unpaired) electrons. The second kappa shape index (κ2) is 28.5. The van der Waals surface area contributed by atoms with Crippen LogP contribution in [0.15, 0.2) is 0 Å². The Kier molecular flexibility index (Phi) is 26.8. The summed E-state index contributed by atoms with van der Waals surface area (Å²) in [5, 5.41) is 10.6. The van der Waals surface area contributed by atoms with Crippen LogP contribution < -0.4 is 38.5 Å². The summed E-state index contributed by atoms with van der Waals surface area (Å²) in [7, 11) is 0. The summed E-state index contributed by atoms with van der Waals surface area (Å²) in [4.78, 5) is 62.8. The average molecular weight is 654 g/mol. The minimum atomic E-state index is -0.969. The molecule has 12 nitrogen and oxygen atoms in total. The molecular weight excluding hydrogens is 586 g/mol. The van der Waals surface area contributed by atoms with Crippen molar-refractivity contribution in [2.24, 2.45) is 17.2 Å². The Labute approximate surface area is 278 Å². The fourth-order valence-corrected chi connectivity index (χ4v) is 5.19. The van der Waals surface area contributed by atoms with Crippen LogP contribution in [0.2, 0.25) is 0 Å². The predicted octanol–water partition coefficient (Wildman–Crippen LogP) is 3.19. The van der Waals surface area contributed by atoms with E-state index >= 15 is 0 Å². The summed E-state index contributed by atoms with van der Waals surface area (Å²) in [6.07, 6.45) is 19.7. The Morgan fingerprint density at radius 1 is 0.500 bits per heavy atom. The summed E-state index contributed by atoms with van der Waals surface area (Å²) in [5.41, 5.74) is 16.5. The Hall–Kier alpha value is -2.73. The molecule has 0 aromatic carbocycles. The van der Waals surface area contributed by atoms with E-state index in [1.165, 1.54) is 78.1 Å². The molecule has 5 amide bonds. The fraction of sp³-hybridized carbons (Fsp3) is 0.853. The van der Waals surface area contributed by atoms with E-state index in [9.17, 15) is 24.0 Å². The number of nitrogens with one attached hydrogen (secondary N) is 4. The van der Waals surface area contributed by atoms with Crippen LogP contribution in [0.4, 0.5) is 0 Å². The Bertz CT molecular complexity index is 858. The third-order valence-corrected chi connectivity index (χ3v) is 8.22. The molecule has 0 heterocycles. The normalized spacial score (nSPS) is 13.7. The van der Waals surface area contributed by atoms with E-state index in [1.54, 1.807) is 0 Å². The molecule has 0 aliphatic heterocycles. The van der Waals surface area contributed by atoms with E-state index < -0.39 is 47.8 Å². The molecule has 12 heteroatoms. The minimum Gasteiger partial charge on any atom is -0.368 e. The number of carbonyl (C=O) groups excluding carboxylic acids is 5. The summed E-state index contributed by atoms with van der Waals surface area (Å²) in [5.74, 6) is -2.46. The first-order valence-electron chi connectivity index (χ1n) is 18.0. The maximum absolute atomic E-state index is 13.1. The maximum atomic E-state index is 13.1. The van der Waals surface area contributed by atoms with Gasteiger partial charge in [0.15, 0.2) is 0 Å². The fourth-order valence-electron chi connectivity index (χ4n) is 5.19. The number of rotatable bonds is 30. The lowest BCUT2D eigenvalue weighted by Gasteiger charge is -2.23. The van der Waals surface area contributed by atoms with Gasteiger partial charge >= 0.3 is 0 Å². The third-order valence-electron chi connectivity index (χ3n) is 8.22. The van der Waals surface area contributed by atoms with E-state index in [-0.39, 0.29) is 5.91 Å². The zero-order valence-electron chi connectivity index (χ0n) is 29.1. The van der Waals surface area contributed by atoms with Crippen molar-refractivity contribution < 1.29 is 24.0 Å². The van der Waals surface area contributed by atoms with Crippen molar-refractivity contribution in [3.63, 3.8) is 0 Å². The molecule has 0 rings (SSSR count). The first-order chi connectivity index (χ1) is 22.1. The van der Waals surface area contributed by atoms with E-state index in [0.717, 1.165) is 19.3 Å². The molecule has 0 aromatic rings. The summed E-state index contributed by atoms with van der Waals surface area (Å²) in [6.45, 7) is 6.16. The van der Waals surface area contributed by atoms with Crippen molar-refractivity contribution in [2.45, 2.75) is 173 Å². The van der Waals surface area contributed by atoms with E-state index in [4.69, 9.17) is 17.2 Å². The minimum absolute atomic E-state index is 0.186. The van der Waals surface area contributed by atoms with Gasteiger partial charge in [-0.25, -0.2) is 0 Å². The first-order valence-corrected chi connectivity index (χ1v) is 18.0. The topological polar surface area (TPSA) is 212 Å². The highest BCUT2D eigenvalue weighted by Gasteiger charge is 2.27. The first kappa shape index (κ1) is 43.3. The van der Waals surface area contributed by atoms with Crippen molar-refractivity contribution in [1.82, 2.24) is 21.3 Å². The van der Waals surface area contributed by atoms with Gasteiger partial charge in [-0.1, -0.05) is 84.0 Å². The molecular formula is C34H67N7O5. The van der Waals surface area contributed by atoms with Gasteiger partial charge in [0, 0.05) is 6.42 Å². The molecule has 0 unspecified atom stereocenters. The van der Waals surface area contributed by atoms with Crippen LogP contribution in [0.1, 0.15) is 149 Å². The summed E-state index contributed by atoms with van der Waals surface area (Å²) < 4.78 is 0. The number of nitrogens with two attached hydrogens (primary N) is 3. The van der Waals surface area contributed by atoms with E-state index in [1.807, 2.05) is 0 Å². The lowest BCUT2D eigenvalue weighted by Crippen LogP contribution is -2.56. The van der Waals surface area contributed by atoms with E-state index in [2.05, 4.69) is 28.2 Å². The van der Waals surface area contributed by atoms with Crippen molar-refractivity contribution in [3.05, 3.63) is 0 Å².